The molecule has 1 aromatic carbocycles. The van der Waals surface area contributed by atoms with Crippen LogP contribution in [0.3, 0.4) is 0 Å². The van der Waals surface area contributed by atoms with E-state index in [2.05, 4.69) is 26.2 Å². The van der Waals surface area contributed by atoms with Crippen LogP contribution in [0, 0.1) is 5.82 Å². The summed E-state index contributed by atoms with van der Waals surface area (Å²) in [6.07, 6.45) is 1.37. The van der Waals surface area contributed by atoms with Crippen molar-refractivity contribution in [3.63, 3.8) is 0 Å². The monoisotopic (exact) mass is 334 g/mol. The zero-order valence-electron chi connectivity index (χ0n) is 8.35. The zero-order chi connectivity index (χ0) is 12.4. The lowest BCUT2D eigenvalue weighted by Crippen LogP contribution is -1.97. The summed E-state index contributed by atoms with van der Waals surface area (Å²) in [5.74, 6) is -0.429. The Hall–Kier alpha value is -0.840. The van der Waals surface area contributed by atoms with E-state index in [9.17, 15) is 4.39 Å². The fraction of sp³-hybridized carbons (Fsp3) is 0. The molecule has 0 unspecified atom stereocenters. The van der Waals surface area contributed by atoms with Gasteiger partial charge in [0.25, 0.3) is 0 Å². The van der Waals surface area contributed by atoms with Crippen LogP contribution in [0.1, 0.15) is 0 Å². The third-order valence-electron chi connectivity index (χ3n) is 2.01. The summed E-state index contributed by atoms with van der Waals surface area (Å²) >= 11 is 14.8. The van der Waals surface area contributed by atoms with Crippen molar-refractivity contribution in [3.8, 4) is 0 Å². The van der Waals surface area contributed by atoms with Gasteiger partial charge >= 0.3 is 0 Å². The fourth-order valence-corrected chi connectivity index (χ4v) is 1.92. The minimum atomic E-state index is -0.524. The molecule has 0 saturated carbocycles. The van der Waals surface area contributed by atoms with Crippen LogP contribution in [-0.4, -0.2) is 4.98 Å². The van der Waals surface area contributed by atoms with Gasteiger partial charge in [0.15, 0.2) is 11.6 Å². The van der Waals surface area contributed by atoms with Gasteiger partial charge in [-0.1, -0.05) is 29.3 Å². The Morgan fingerprint density at radius 3 is 2.76 bits per heavy atom. The van der Waals surface area contributed by atoms with Crippen molar-refractivity contribution in [3.05, 3.63) is 50.8 Å². The first-order valence-corrected chi connectivity index (χ1v) is 6.15. The molecule has 0 radical (unpaired) electrons. The number of benzene rings is 1. The van der Waals surface area contributed by atoms with Gasteiger partial charge in [-0.2, -0.15) is 0 Å². The van der Waals surface area contributed by atoms with E-state index < -0.39 is 5.82 Å². The largest absolute Gasteiger partial charge is 0.337 e. The van der Waals surface area contributed by atoms with Gasteiger partial charge in [-0.25, -0.2) is 9.37 Å². The average Bonchev–Trinajstić information content (AvgIpc) is 2.28. The molecule has 0 fully saturated rings. The summed E-state index contributed by atoms with van der Waals surface area (Å²) in [4.78, 5) is 3.86. The third-order valence-corrected chi connectivity index (χ3v) is 3.62. The van der Waals surface area contributed by atoms with E-state index in [1.54, 1.807) is 18.2 Å². The van der Waals surface area contributed by atoms with Crippen molar-refractivity contribution in [1.82, 2.24) is 4.98 Å². The standard InChI is InChI=1S/C11H6BrCl2FN2/c12-10-7(14)2-1-3-9(10)17-11-8(15)4-6(13)5-16-11/h1-5H,(H,16,17). The maximum atomic E-state index is 13.5. The van der Waals surface area contributed by atoms with Crippen molar-refractivity contribution in [2.45, 2.75) is 0 Å². The molecule has 0 atom stereocenters. The van der Waals surface area contributed by atoms with Crippen LogP contribution in [0.2, 0.25) is 10.0 Å². The second-order valence-electron chi connectivity index (χ2n) is 3.21. The Kier molecular flexibility index (Phi) is 3.86. The maximum Gasteiger partial charge on any atom is 0.167 e. The van der Waals surface area contributed by atoms with Crippen molar-refractivity contribution in [1.29, 1.82) is 0 Å². The molecule has 0 aliphatic carbocycles. The van der Waals surface area contributed by atoms with Gasteiger partial charge < -0.3 is 5.32 Å². The van der Waals surface area contributed by atoms with Crippen LogP contribution >= 0.6 is 39.1 Å². The van der Waals surface area contributed by atoms with E-state index in [0.717, 1.165) is 0 Å². The van der Waals surface area contributed by atoms with Crippen LogP contribution in [0.25, 0.3) is 0 Å². The highest BCUT2D eigenvalue weighted by molar-refractivity contribution is 9.10. The predicted octanol–water partition coefficient (Wildman–Crippen LogP) is 5.03. The van der Waals surface area contributed by atoms with Crippen molar-refractivity contribution < 1.29 is 4.39 Å². The van der Waals surface area contributed by atoms with Gasteiger partial charge in [-0.3, -0.25) is 0 Å². The smallest absolute Gasteiger partial charge is 0.167 e. The molecule has 2 rings (SSSR count). The molecule has 0 bridgehead atoms. The van der Waals surface area contributed by atoms with Gasteiger partial charge in [-0.05, 0) is 34.1 Å². The van der Waals surface area contributed by atoms with Gasteiger partial charge in [-0.15, -0.1) is 0 Å². The predicted molar refractivity (Wildman–Crippen MR) is 71.6 cm³/mol. The highest BCUT2D eigenvalue weighted by atomic mass is 79.9. The van der Waals surface area contributed by atoms with Crippen LogP contribution in [0.4, 0.5) is 15.9 Å². The lowest BCUT2D eigenvalue weighted by molar-refractivity contribution is 0.626. The first-order valence-electron chi connectivity index (χ1n) is 4.60. The number of nitrogens with zero attached hydrogens (tertiary/aromatic N) is 1. The number of hydrogen-bond donors (Lipinski definition) is 1. The lowest BCUT2D eigenvalue weighted by Gasteiger charge is -2.09. The van der Waals surface area contributed by atoms with E-state index in [1.165, 1.54) is 12.3 Å². The van der Waals surface area contributed by atoms with E-state index in [0.29, 0.717) is 15.2 Å². The first kappa shape index (κ1) is 12.6. The summed E-state index contributed by atoms with van der Waals surface area (Å²) < 4.78 is 14.2. The number of pyridine rings is 1. The normalized spacial score (nSPS) is 10.4. The zero-order valence-corrected chi connectivity index (χ0v) is 11.4. The molecule has 0 aliphatic rings. The minimum absolute atomic E-state index is 0.0948. The number of rotatable bonds is 2. The Balaban J connectivity index is 2.35. The van der Waals surface area contributed by atoms with Crippen LogP contribution < -0.4 is 5.32 Å². The van der Waals surface area contributed by atoms with Gasteiger partial charge in [0.05, 0.1) is 20.2 Å². The molecule has 0 aliphatic heterocycles. The van der Waals surface area contributed by atoms with Gasteiger partial charge in [0.1, 0.15) is 0 Å². The van der Waals surface area contributed by atoms with E-state index in [-0.39, 0.29) is 10.8 Å². The molecule has 88 valence electrons. The summed E-state index contributed by atoms with van der Waals surface area (Å²) in [5.41, 5.74) is 0.631. The third kappa shape index (κ3) is 2.89. The van der Waals surface area contributed by atoms with Crippen molar-refractivity contribution in [2.24, 2.45) is 0 Å². The quantitative estimate of drug-likeness (QED) is 0.832. The van der Waals surface area contributed by atoms with Crippen molar-refractivity contribution in [2.75, 3.05) is 5.32 Å². The van der Waals surface area contributed by atoms with Crippen LogP contribution in [0.15, 0.2) is 34.9 Å². The molecule has 2 nitrogen and oxygen atoms in total. The summed E-state index contributed by atoms with van der Waals surface area (Å²) in [6, 6.07) is 6.42. The van der Waals surface area contributed by atoms with Crippen molar-refractivity contribution >= 4 is 50.6 Å². The van der Waals surface area contributed by atoms with Crippen LogP contribution in [-0.2, 0) is 0 Å². The number of halogens is 4. The number of anilines is 2. The Morgan fingerprint density at radius 1 is 1.29 bits per heavy atom. The summed E-state index contributed by atoms with van der Waals surface area (Å²) in [6.45, 7) is 0. The van der Waals surface area contributed by atoms with Gasteiger partial charge in [0, 0.05) is 6.20 Å². The molecule has 2 aromatic rings. The summed E-state index contributed by atoms with van der Waals surface area (Å²) in [5, 5.41) is 3.61. The molecular formula is C11H6BrCl2FN2. The molecular weight excluding hydrogens is 330 g/mol. The highest BCUT2D eigenvalue weighted by Crippen LogP contribution is 2.32. The Bertz CT molecular complexity index is 563. The Labute approximate surface area is 116 Å². The molecule has 1 N–H and O–H groups in total. The molecule has 0 amide bonds. The number of aromatic nitrogens is 1. The lowest BCUT2D eigenvalue weighted by atomic mass is 10.3. The minimum Gasteiger partial charge on any atom is -0.337 e. The molecule has 1 aromatic heterocycles. The Morgan fingerprint density at radius 2 is 2.06 bits per heavy atom. The molecule has 1 heterocycles. The highest BCUT2D eigenvalue weighted by Gasteiger charge is 2.08. The van der Waals surface area contributed by atoms with E-state index in [4.69, 9.17) is 23.2 Å². The summed E-state index contributed by atoms with van der Waals surface area (Å²) in [7, 11) is 0. The van der Waals surface area contributed by atoms with Crippen LogP contribution in [0.5, 0.6) is 0 Å². The van der Waals surface area contributed by atoms with E-state index in [1.807, 2.05) is 0 Å². The molecule has 0 spiro atoms. The second-order valence-corrected chi connectivity index (χ2v) is 4.85. The second kappa shape index (κ2) is 5.21. The molecule has 17 heavy (non-hydrogen) atoms. The fourth-order valence-electron chi connectivity index (χ4n) is 1.23. The molecule has 6 heteroatoms. The SMILES string of the molecule is Fc1cc(Cl)cnc1Nc1cccc(Cl)c1Br. The maximum absolute atomic E-state index is 13.5. The number of nitrogens with one attached hydrogen (secondary N) is 1. The van der Waals surface area contributed by atoms with Gasteiger partial charge in [0.2, 0.25) is 0 Å². The average molecular weight is 336 g/mol. The van der Waals surface area contributed by atoms with E-state index >= 15 is 0 Å². The number of hydrogen-bond acceptors (Lipinski definition) is 2. The topological polar surface area (TPSA) is 24.9 Å². The molecule has 0 saturated heterocycles. The first-order chi connectivity index (χ1) is 8.08.